The standard InChI is InChI=1S/C10H12N2O3S/c1-2-3-4-7(13)5-11-10-12-8(6-16-10)9(14)15/h1,6-7,13H,3-5H2,(H,11,12)(H,14,15). The molecule has 0 aliphatic heterocycles. The maximum Gasteiger partial charge on any atom is 0.355 e. The molecule has 0 radical (unpaired) electrons. The van der Waals surface area contributed by atoms with Crippen LogP contribution in [-0.4, -0.2) is 33.8 Å². The Kier molecular flexibility index (Phi) is 4.76. The Bertz CT molecular complexity index is 397. The van der Waals surface area contributed by atoms with E-state index in [0.717, 1.165) is 0 Å². The highest BCUT2D eigenvalue weighted by atomic mass is 32.1. The largest absolute Gasteiger partial charge is 0.476 e. The summed E-state index contributed by atoms with van der Waals surface area (Å²) in [7, 11) is 0. The Hall–Kier alpha value is -1.58. The van der Waals surface area contributed by atoms with Gasteiger partial charge in [-0.25, -0.2) is 9.78 Å². The lowest BCUT2D eigenvalue weighted by Gasteiger charge is -2.08. The normalized spacial score (nSPS) is 11.8. The van der Waals surface area contributed by atoms with E-state index in [2.05, 4.69) is 16.2 Å². The van der Waals surface area contributed by atoms with Crippen LogP contribution in [0.1, 0.15) is 23.3 Å². The molecule has 3 N–H and O–H groups in total. The Morgan fingerprint density at radius 2 is 2.50 bits per heavy atom. The third kappa shape index (κ3) is 3.88. The van der Waals surface area contributed by atoms with Crippen molar-refractivity contribution in [2.24, 2.45) is 0 Å². The van der Waals surface area contributed by atoms with E-state index in [4.69, 9.17) is 11.5 Å². The first-order valence-electron chi connectivity index (χ1n) is 4.67. The molecule has 0 aliphatic carbocycles. The van der Waals surface area contributed by atoms with Crippen molar-refractivity contribution in [3.63, 3.8) is 0 Å². The van der Waals surface area contributed by atoms with Crippen LogP contribution in [0.25, 0.3) is 0 Å². The molecule has 1 aromatic heterocycles. The van der Waals surface area contributed by atoms with Gasteiger partial charge in [-0.15, -0.1) is 23.7 Å². The van der Waals surface area contributed by atoms with Crippen molar-refractivity contribution < 1.29 is 15.0 Å². The summed E-state index contributed by atoms with van der Waals surface area (Å²) in [5, 5.41) is 22.9. The smallest absolute Gasteiger partial charge is 0.355 e. The number of terminal acetylenes is 1. The number of anilines is 1. The van der Waals surface area contributed by atoms with Crippen LogP contribution < -0.4 is 5.32 Å². The van der Waals surface area contributed by atoms with Crippen molar-refractivity contribution in [3.8, 4) is 12.3 Å². The van der Waals surface area contributed by atoms with E-state index in [1.165, 1.54) is 16.7 Å². The van der Waals surface area contributed by atoms with Gasteiger partial charge in [-0.05, 0) is 6.42 Å². The molecule has 1 unspecified atom stereocenters. The molecule has 1 atom stereocenters. The molecule has 0 aromatic carbocycles. The quantitative estimate of drug-likeness (QED) is 0.647. The van der Waals surface area contributed by atoms with Crippen LogP contribution >= 0.6 is 11.3 Å². The van der Waals surface area contributed by atoms with E-state index in [9.17, 15) is 9.90 Å². The second kappa shape index (κ2) is 6.10. The molecule has 0 aliphatic rings. The van der Waals surface area contributed by atoms with Crippen LogP contribution in [0.3, 0.4) is 0 Å². The minimum atomic E-state index is -1.06. The van der Waals surface area contributed by atoms with Crippen molar-refractivity contribution in [1.82, 2.24) is 4.98 Å². The summed E-state index contributed by atoms with van der Waals surface area (Å²) in [6, 6.07) is 0. The number of thiazole rings is 1. The number of carboxylic acid groups (broad SMARTS) is 1. The summed E-state index contributed by atoms with van der Waals surface area (Å²) in [6.45, 7) is 0.314. The number of nitrogens with zero attached hydrogens (tertiary/aromatic N) is 1. The molecule has 0 amide bonds. The van der Waals surface area contributed by atoms with E-state index in [1.807, 2.05) is 0 Å². The molecular formula is C10H12N2O3S. The average Bonchev–Trinajstić information content (AvgIpc) is 2.72. The zero-order chi connectivity index (χ0) is 12.0. The van der Waals surface area contributed by atoms with Crippen molar-refractivity contribution in [3.05, 3.63) is 11.1 Å². The van der Waals surface area contributed by atoms with Gasteiger partial charge < -0.3 is 15.5 Å². The Morgan fingerprint density at radius 3 is 3.06 bits per heavy atom. The fourth-order valence-corrected chi connectivity index (χ4v) is 1.70. The summed E-state index contributed by atoms with van der Waals surface area (Å²) < 4.78 is 0. The van der Waals surface area contributed by atoms with Crippen LogP contribution in [0, 0.1) is 12.3 Å². The average molecular weight is 240 g/mol. The molecule has 0 spiro atoms. The van der Waals surface area contributed by atoms with Crippen molar-refractivity contribution >= 4 is 22.4 Å². The van der Waals surface area contributed by atoms with E-state index in [1.54, 1.807) is 0 Å². The molecule has 5 nitrogen and oxygen atoms in total. The molecule has 16 heavy (non-hydrogen) atoms. The Morgan fingerprint density at radius 1 is 1.75 bits per heavy atom. The molecule has 0 saturated heterocycles. The van der Waals surface area contributed by atoms with Gasteiger partial charge in [0, 0.05) is 18.3 Å². The molecule has 6 heteroatoms. The lowest BCUT2D eigenvalue weighted by Crippen LogP contribution is -2.19. The first-order chi connectivity index (χ1) is 7.63. The van der Waals surface area contributed by atoms with Gasteiger partial charge in [0.25, 0.3) is 0 Å². The minimum Gasteiger partial charge on any atom is -0.476 e. The highest BCUT2D eigenvalue weighted by molar-refractivity contribution is 7.13. The van der Waals surface area contributed by atoms with Crippen LogP contribution in [0.5, 0.6) is 0 Å². The summed E-state index contributed by atoms with van der Waals surface area (Å²) in [6.07, 6.45) is 5.55. The highest BCUT2D eigenvalue weighted by Crippen LogP contribution is 2.15. The zero-order valence-corrected chi connectivity index (χ0v) is 9.33. The van der Waals surface area contributed by atoms with Crippen LogP contribution in [0.2, 0.25) is 0 Å². The fraction of sp³-hybridized carbons (Fsp3) is 0.400. The van der Waals surface area contributed by atoms with Crippen molar-refractivity contribution in [1.29, 1.82) is 0 Å². The number of rotatable bonds is 6. The SMILES string of the molecule is C#CCCC(O)CNc1nc(C(=O)O)cs1. The summed E-state index contributed by atoms with van der Waals surface area (Å²) >= 11 is 1.19. The van der Waals surface area contributed by atoms with Crippen molar-refractivity contribution in [2.45, 2.75) is 18.9 Å². The molecule has 0 bridgehead atoms. The number of hydrogen-bond acceptors (Lipinski definition) is 5. The van der Waals surface area contributed by atoms with E-state index in [-0.39, 0.29) is 5.69 Å². The zero-order valence-electron chi connectivity index (χ0n) is 8.51. The van der Waals surface area contributed by atoms with Gasteiger partial charge in [0.2, 0.25) is 0 Å². The van der Waals surface area contributed by atoms with E-state index in [0.29, 0.717) is 24.5 Å². The lowest BCUT2D eigenvalue weighted by atomic mass is 10.2. The molecule has 1 rings (SSSR count). The third-order valence-corrected chi connectivity index (χ3v) is 2.63. The first-order valence-corrected chi connectivity index (χ1v) is 5.55. The van der Waals surface area contributed by atoms with Gasteiger partial charge in [-0.1, -0.05) is 0 Å². The number of carboxylic acids is 1. The molecule has 86 valence electrons. The van der Waals surface area contributed by atoms with Gasteiger partial charge >= 0.3 is 5.97 Å². The van der Waals surface area contributed by atoms with Crippen LogP contribution in [0.15, 0.2) is 5.38 Å². The van der Waals surface area contributed by atoms with Crippen LogP contribution in [-0.2, 0) is 0 Å². The second-order valence-corrected chi connectivity index (χ2v) is 3.98. The number of aromatic carboxylic acids is 1. The molecule has 0 fully saturated rings. The van der Waals surface area contributed by atoms with Gasteiger partial charge in [-0.3, -0.25) is 0 Å². The van der Waals surface area contributed by atoms with Gasteiger partial charge in [-0.2, -0.15) is 0 Å². The van der Waals surface area contributed by atoms with Gasteiger partial charge in [0.05, 0.1) is 6.10 Å². The molecular weight excluding hydrogens is 228 g/mol. The third-order valence-electron chi connectivity index (χ3n) is 1.83. The topological polar surface area (TPSA) is 82.5 Å². The van der Waals surface area contributed by atoms with Gasteiger partial charge in [0.15, 0.2) is 10.8 Å². The van der Waals surface area contributed by atoms with Crippen LogP contribution in [0.4, 0.5) is 5.13 Å². The summed E-state index contributed by atoms with van der Waals surface area (Å²) in [4.78, 5) is 14.4. The lowest BCUT2D eigenvalue weighted by molar-refractivity contribution is 0.0691. The fourth-order valence-electron chi connectivity index (χ4n) is 1.01. The number of aliphatic hydroxyl groups excluding tert-OH is 1. The van der Waals surface area contributed by atoms with E-state index < -0.39 is 12.1 Å². The molecule has 0 saturated carbocycles. The number of aromatic nitrogens is 1. The Balaban J connectivity index is 2.37. The molecule has 1 aromatic rings. The first kappa shape index (κ1) is 12.5. The highest BCUT2D eigenvalue weighted by Gasteiger charge is 2.09. The number of hydrogen-bond donors (Lipinski definition) is 3. The monoisotopic (exact) mass is 240 g/mol. The number of nitrogens with one attached hydrogen (secondary N) is 1. The maximum atomic E-state index is 10.5. The predicted molar refractivity (Wildman–Crippen MR) is 61.6 cm³/mol. The maximum absolute atomic E-state index is 10.5. The van der Waals surface area contributed by atoms with E-state index >= 15 is 0 Å². The summed E-state index contributed by atoms with van der Waals surface area (Å²) in [5.74, 6) is 1.38. The Labute approximate surface area is 97.1 Å². The minimum absolute atomic E-state index is 0.00520. The van der Waals surface area contributed by atoms with Crippen molar-refractivity contribution in [2.75, 3.05) is 11.9 Å². The number of aliphatic hydroxyl groups is 1. The number of carbonyl (C=O) groups is 1. The molecule has 1 heterocycles. The summed E-state index contributed by atoms with van der Waals surface area (Å²) in [5.41, 5.74) is 0.00520. The predicted octanol–water partition coefficient (Wildman–Crippen LogP) is 1.03. The second-order valence-electron chi connectivity index (χ2n) is 3.12. The van der Waals surface area contributed by atoms with Gasteiger partial charge in [0.1, 0.15) is 0 Å².